The first kappa shape index (κ1) is 15.9. The second kappa shape index (κ2) is 6.08. The lowest BCUT2D eigenvalue weighted by Gasteiger charge is -2.31. The lowest BCUT2D eigenvalue weighted by atomic mass is 9.76. The molecule has 22 heavy (non-hydrogen) atoms. The molecule has 1 N–H and O–H groups in total. The molecule has 118 valence electrons. The van der Waals surface area contributed by atoms with Gasteiger partial charge in [-0.05, 0) is 25.3 Å². The molecule has 1 aliphatic carbocycles. The molecule has 0 spiro atoms. The van der Waals surface area contributed by atoms with Gasteiger partial charge in [0.15, 0.2) is 0 Å². The van der Waals surface area contributed by atoms with Gasteiger partial charge in [0, 0.05) is 17.2 Å². The summed E-state index contributed by atoms with van der Waals surface area (Å²) >= 11 is 0. The minimum absolute atomic E-state index is 0.0409. The number of anilines is 1. The van der Waals surface area contributed by atoms with Gasteiger partial charge in [0.1, 0.15) is 5.69 Å². The van der Waals surface area contributed by atoms with E-state index in [2.05, 4.69) is 24.4 Å². The van der Waals surface area contributed by atoms with Gasteiger partial charge in [-0.1, -0.05) is 20.3 Å². The van der Waals surface area contributed by atoms with E-state index in [4.69, 9.17) is 0 Å². The van der Waals surface area contributed by atoms with Gasteiger partial charge in [0.2, 0.25) is 0 Å². The van der Waals surface area contributed by atoms with Crippen molar-refractivity contribution in [2.24, 2.45) is 10.5 Å². The molecule has 0 atom stereocenters. The van der Waals surface area contributed by atoms with Crippen LogP contribution < -0.4 is 5.43 Å². The first-order chi connectivity index (χ1) is 10.3. The van der Waals surface area contributed by atoms with E-state index in [0.717, 1.165) is 37.5 Å². The summed E-state index contributed by atoms with van der Waals surface area (Å²) in [6.45, 7) is 4.19. The zero-order chi connectivity index (χ0) is 16.3. The fourth-order valence-corrected chi connectivity index (χ4v) is 2.56. The van der Waals surface area contributed by atoms with Crippen LogP contribution >= 0.6 is 0 Å². The third-order valence-electron chi connectivity index (χ3n) is 3.95. The number of nitro benzene ring substituents is 2. The Morgan fingerprint density at radius 2 is 1.91 bits per heavy atom. The van der Waals surface area contributed by atoms with Crippen molar-refractivity contribution in [3.05, 3.63) is 38.4 Å². The quantitative estimate of drug-likeness (QED) is 0.670. The summed E-state index contributed by atoms with van der Waals surface area (Å²) in [4.78, 5) is 20.5. The molecule has 1 aromatic rings. The Morgan fingerprint density at radius 3 is 2.50 bits per heavy atom. The fraction of sp³-hybridized carbons (Fsp3) is 0.500. The molecule has 1 saturated carbocycles. The molecule has 1 aromatic carbocycles. The van der Waals surface area contributed by atoms with E-state index >= 15 is 0 Å². The minimum atomic E-state index is -0.660. The Bertz CT molecular complexity index is 640. The van der Waals surface area contributed by atoms with E-state index in [1.165, 1.54) is 12.1 Å². The highest BCUT2D eigenvalue weighted by Crippen LogP contribution is 2.34. The van der Waals surface area contributed by atoms with Gasteiger partial charge in [0.25, 0.3) is 5.69 Å². The minimum Gasteiger partial charge on any atom is -0.272 e. The van der Waals surface area contributed by atoms with Crippen molar-refractivity contribution < 1.29 is 9.85 Å². The van der Waals surface area contributed by atoms with Crippen LogP contribution in [0.1, 0.15) is 39.5 Å². The van der Waals surface area contributed by atoms with Crippen LogP contribution in [0.4, 0.5) is 17.1 Å². The summed E-state index contributed by atoms with van der Waals surface area (Å²) < 4.78 is 0. The molecule has 1 aliphatic rings. The van der Waals surface area contributed by atoms with Crippen molar-refractivity contribution in [2.75, 3.05) is 5.43 Å². The van der Waals surface area contributed by atoms with Crippen molar-refractivity contribution in [3.8, 4) is 0 Å². The van der Waals surface area contributed by atoms with Crippen LogP contribution in [0.5, 0.6) is 0 Å². The normalized spacial score (nSPS) is 18.9. The SMILES string of the molecule is CC1(C)CCCC/C1=N\Nc1ccc([N+](=O)[O-])cc1[N+](=O)[O-]. The Hall–Kier alpha value is -2.51. The van der Waals surface area contributed by atoms with Crippen LogP contribution in [0.15, 0.2) is 23.3 Å². The monoisotopic (exact) mass is 306 g/mol. The number of nitrogens with one attached hydrogen (secondary N) is 1. The van der Waals surface area contributed by atoms with Crippen LogP contribution in [0.25, 0.3) is 0 Å². The summed E-state index contributed by atoms with van der Waals surface area (Å²) in [5.74, 6) is 0. The van der Waals surface area contributed by atoms with Crippen molar-refractivity contribution >= 4 is 22.8 Å². The summed E-state index contributed by atoms with van der Waals surface area (Å²) in [6.07, 6.45) is 4.06. The van der Waals surface area contributed by atoms with Crippen LogP contribution in [-0.4, -0.2) is 15.6 Å². The average molecular weight is 306 g/mol. The smallest absolute Gasteiger partial charge is 0.272 e. The number of hydrogen-bond donors (Lipinski definition) is 1. The van der Waals surface area contributed by atoms with E-state index < -0.39 is 9.85 Å². The molecule has 0 amide bonds. The fourth-order valence-electron chi connectivity index (χ4n) is 2.56. The Morgan fingerprint density at radius 1 is 1.18 bits per heavy atom. The van der Waals surface area contributed by atoms with Gasteiger partial charge < -0.3 is 0 Å². The molecule has 0 aliphatic heterocycles. The third kappa shape index (κ3) is 3.38. The van der Waals surface area contributed by atoms with Crippen molar-refractivity contribution in [2.45, 2.75) is 39.5 Å². The van der Waals surface area contributed by atoms with E-state index in [1.54, 1.807) is 0 Å². The molecular formula is C14H18N4O4. The van der Waals surface area contributed by atoms with E-state index in [1.807, 2.05) is 0 Å². The number of nitro groups is 2. The van der Waals surface area contributed by atoms with Gasteiger partial charge in [-0.3, -0.25) is 25.7 Å². The van der Waals surface area contributed by atoms with Crippen LogP contribution in [0, 0.1) is 25.6 Å². The predicted octanol–water partition coefficient (Wildman–Crippen LogP) is 3.87. The highest BCUT2D eigenvalue weighted by molar-refractivity contribution is 5.91. The molecule has 0 heterocycles. The summed E-state index contributed by atoms with van der Waals surface area (Å²) in [7, 11) is 0. The van der Waals surface area contributed by atoms with Gasteiger partial charge in [-0.2, -0.15) is 5.10 Å². The first-order valence-corrected chi connectivity index (χ1v) is 7.07. The number of hydrazone groups is 1. The number of benzene rings is 1. The van der Waals surface area contributed by atoms with E-state index in [9.17, 15) is 20.2 Å². The molecule has 8 nitrogen and oxygen atoms in total. The molecule has 0 unspecified atom stereocenters. The average Bonchev–Trinajstić information content (AvgIpc) is 2.45. The maximum atomic E-state index is 11.1. The second-order valence-corrected chi connectivity index (χ2v) is 5.98. The highest BCUT2D eigenvalue weighted by Gasteiger charge is 2.28. The van der Waals surface area contributed by atoms with E-state index in [0.29, 0.717) is 0 Å². The number of rotatable bonds is 4. The lowest BCUT2D eigenvalue weighted by molar-refractivity contribution is -0.393. The van der Waals surface area contributed by atoms with Gasteiger partial charge >= 0.3 is 5.69 Å². The number of non-ortho nitro benzene ring substituents is 1. The maximum absolute atomic E-state index is 11.1. The molecule has 0 aromatic heterocycles. The topological polar surface area (TPSA) is 111 Å². The highest BCUT2D eigenvalue weighted by atomic mass is 16.6. The molecule has 1 fully saturated rings. The summed E-state index contributed by atoms with van der Waals surface area (Å²) in [5, 5.41) is 26.1. The van der Waals surface area contributed by atoms with Crippen molar-refractivity contribution in [1.29, 1.82) is 0 Å². The van der Waals surface area contributed by atoms with Gasteiger partial charge in [0.05, 0.1) is 15.9 Å². The van der Waals surface area contributed by atoms with Gasteiger partial charge in [-0.25, -0.2) is 0 Å². The standard InChI is InChI=1S/C14H18N4O4/c1-14(2)8-4-3-5-13(14)16-15-11-7-6-10(17(19)20)9-12(11)18(21)22/h6-7,9,15H,3-5,8H2,1-2H3/b16-13+. The van der Waals surface area contributed by atoms with Crippen molar-refractivity contribution in [3.63, 3.8) is 0 Å². The second-order valence-electron chi connectivity index (χ2n) is 5.98. The zero-order valence-corrected chi connectivity index (χ0v) is 12.5. The van der Waals surface area contributed by atoms with Crippen molar-refractivity contribution in [1.82, 2.24) is 0 Å². The maximum Gasteiger partial charge on any atom is 0.301 e. The summed E-state index contributed by atoms with van der Waals surface area (Å²) in [5.41, 5.74) is 3.12. The summed E-state index contributed by atoms with van der Waals surface area (Å²) in [6, 6.07) is 3.48. The third-order valence-corrected chi connectivity index (χ3v) is 3.95. The number of hydrogen-bond acceptors (Lipinski definition) is 6. The zero-order valence-electron chi connectivity index (χ0n) is 12.5. The molecule has 0 bridgehead atoms. The molecule has 8 heteroatoms. The van der Waals surface area contributed by atoms with Crippen LogP contribution in [0.2, 0.25) is 0 Å². The van der Waals surface area contributed by atoms with Crippen LogP contribution in [-0.2, 0) is 0 Å². The Balaban J connectivity index is 2.29. The molecular weight excluding hydrogens is 288 g/mol. The Labute approximate surface area is 127 Å². The molecule has 0 saturated heterocycles. The first-order valence-electron chi connectivity index (χ1n) is 7.07. The largest absolute Gasteiger partial charge is 0.301 e. The number of nitrogens with zero attached hydrogens (tertiary/aromatic N) is 3. The van der Waals surface area contributed by atoms with Crippen LogP contribution in [0.3, 0.4) is 0 Å². The molecule has 2 rings (SSSR count). The Kier molecular flexibility index (Phi) is 4.39. The van der Waals surface area contributed by atoms with E-state index in [-0.39, 0.29) is 22.5 Å². The lowest BCUT2D eigenvalue weighted by Crippen LogP contribution is -2.28. The van der Waals surface area contributed by atoms with Gasteiger partial charge in [-0.15, -0.1) is 0 Å². The predicted molar refractivity (Wildman–Crippen MR) is 83.1 cm³/mol. The molecule has 0 radical (unpaired) electrons.